The van der Waals surface area contributed by atoms with Crippen LogP contribution in [0.3, 0.4) is 0 Å². The summed E-state index contributed by atoms with van der Waals surface area (Å²) in [6.45, 7) is 5.49. The number of nitrogens with one attached hydrogen (secondary N) is 2. The number of hydrogen-bond donors (Lipinski definition) is 2. The van der Waals surface area contributed by atoms with Gasteiger partial charge in [-0.05, 0) is 42.8 Å². The molecule has 24 heavy (non-hydrogen) atoms. The molecule has 6 heteroatoms. The number of carbonyl (C=O) groups excluding carboxylic acids is 2. The van der Waals surface area contributed by atoms with Gasteiger partial charge in [-0.3, -0.25) is 9.59 Å². The Morgan fingerprint density at radius 2 is 1.71 bits per heavy atom. The lowest BCUT2D eigenvalue weighted by molar-refractivity contribution is -0.118. The Kier molecular flexibility index (Phi) is 5.86. The highest BCUT2D eigenvalue weighted by molar-refractivity contribution is 6.36. The Hall–Kier alpha value is -2.04. The minimum absolute atomic E-state index is 0.0889. The molecule has 0 radical (unpaired) electrons. The van der Waals surface area contributed by atoms with Crippen LogP contribution in [0.1, 0.15) is 29.8 Å². The van der Waals surface area contributed by atoms with Gasteiger partial charge in [0.1, 0.15) is 0 Å². The molecule has 2 N–H and O–H groups in total. The third-order valence-corrected chi connectivity index (χ3v) is 4.02. The van der Waals surface area contributed by atoms with Crippen molar-refractivity contribution in [2.24, 2.45) is 5.92 Å². The lowest BCUT2D eigenvalue weighted by Gasteiger charge is -2.13. The van der Waals surface area contributed by atoms with Crippen molar-refractivity contribution >= 4 is 46.4 Å². The van der Waals surface area contributed by atoms with E-state index in [0.29, 0.717) is 27.0 Å². The topological polar surface area (TPSA) is 58.2 Å². The largest absolute Gasteiger partial charge is 0.326 e. The van der Waals surface area contributed by atoms with Crippen molar-refractivity contribution in [3.8, 4) is 0 Å². The van der Waals surface area contributed by atoms with Gasteiger partial charge in [-0.25, -0.2) is 0 Å². The predicted octanol–water partition coefficient (Wildman–Crippen LogP) is 5.15. The minimum atomic E-state index is -0.363. The molecule has 126 valence electrons. The van der Waals surface area contributed by atoms with E-state index < -0.39 is 0 Å². The summed E-state index contributed by atoms with van der Waals surface area (Å²) in [6, 6.07) is 10.0. The van der Waals surface area contributed by atoms with Crippen LogP contribution in [0.2, 0.25) is 10.0 Å². The number of hydrogen-bond acceptors (Lipinski definition) is 2. The second-order valence-corrected chi connectivity index (χ2v) is 6.60. The molecule has 0 atom stereocenters. The quantitative estimate of drug-likeness (QED) is 0.787. The molecule has 0 heterocycles. The van der Waals surface area contributed by atoms with Crippen LogP contribution in [0.15, 0.2) is 36.4 Å². The first-order valence-corrected chi connectivity index (χ1v) is 8.21. The first-order valence-electron chi connectivity index (χ1n) is 7.46. The maximum Gasteiger partial charge on any atom is 0.257 e. The normalized spacial score (nSPS) is 10.6. The van der Waals surface area contributed by atoms with E-state index in [1.807, 2.05) is 26.8 Å². The van der Waals surface area contributed by atoms with Crippen molar-refractivity contribution < 1.29 is 9.59 Å². The second kappa shape index (κ2) is 7.69. The first kappa shape index (κ1) is 18.3. The average Bonchev–Trinajstić information content (AvgIpc) is 2.52. The van der Waals surface area contributed by atoms with Crippen molar-refractivity contribution in [1.82, 2.24) is 0 Å². The highest BCUT2D eigenvalue weighted by Gasteiger charge is 2.14. The van der Waals surface area contributed by atoms with E-state index in [1.54, 1.807) is 24.3 Å². The Labute approximate surface area is 151 Å². The van der Waals surface area contributed by atoms with E-state index in [9.17, 15) is 9.59 Å². The predicted molar refractivity (Wildman–Crippen MR) is 99.1 cm³/mol. The standard InChI is InChI=1S/C18H18Cl2N2O2/c1-10(2)17(23)21-13-6-4-11(3)16(9-13)22-18(24)14-8-12(19)5-7-15(14)20/h4-10H,1-3H3,(H,21,23)(H,22,24). The average molecular weight is 365 g/mol. The van der Waals surface area contributed by atoms with Crippen LogP contribution >= 0.6 is 23.2 Å². The van der Waals surface area contributed by atoms with Crippen molar-refractivity contribution in [3.05, 3.63) is 57.6 Å². The molecule has 2 rings (SSSR count). The van der Waals surface area contributed by atoms with Crippen molar-refractivity contribution in [3.63, 3.8) is 0 Å². The van der Waals surface area contributed by atoms with Crippen LogP contribution in [0.5, 0.6) is 0 Å². The fourth-order valence-corrected chi connectivity index (χ4v) is 2.36. The van der Waals surface area contributed by atoms with Crippen LogP contribution in [0, 0.1) is 12.8 Å². The highest BCUT2D eigenvalue weighted by atomic mass is 35.5. The molecular formula is C18H18Cl2N2O2. The molecule has 0 saturated heterocycles. The molecule has 0 aliphatic heterocycles. The van der Waals surface area contributed by atoms with Gasteiger partial charge in [0.05, 0.1) is 10.6 Å². The van der Waals surface area contributed by atoms with E-state index in [1.165, 1.54) is 6.07 Å². The lowest BCUT2D eigenvalue weighted by Crippen LogP contribution is -2.18. The minimum Gasteiger partial charge on any atom is -0.326 e. The van der Waals surface area contributed by atoms with Crippen LogP contribution in [0.4, 0.5) is 11.4 Å². The number of halogens is 2. The van der Waals surface area contributed by atoms with Gasteiger partial charge in [0.15, 0.2) is 0 Å². The molecule has 0 aliphatic rings. The molecule has 0 saturated carbocycles. The van der Waals surface area contributed by atoms with Crippen LogP contribution in [0.25, 0.3) is 0 Å². The number of amides is 2. The first-order chi connectivity index (χ1) is 11.3. The zero-order valence-corrected chi connectivity index (χ0v) is 15.1. The fraction of sp³-hybridized carbons (Fsp3) is 0.222. The van der Waals surface area contributed by atoms with E-state index in [0.717, 1.165) is 5.56 Å². The molecule has 0 aliphatic carbocycles. The van der Waals surface area contributed by atoms with Gasteiger partial charge in [0.2, 0.25) is 5.91 Å². The summed E-state index contributed by atoms with van der Waals surface area (Å²) in [5.74, 6) is -0.582. The molecular weight excluding hydrogens is 347 g/mol. The summed E-state index contributed by atoms with van der Waals surface area (Å²) in [7, 11) is 0. The van der Waals surface area contributed by atoms with Crippen molar-refractivity contribution in [2.75, 3.05) is 10.6 Å². The summed E-state index contributed by atoms with van der Waals surface area (Å²) in [6.07, 6.45) is 0. The van der Waals surface area contributed by atoms with E-state index in [-0.39, 0.29) is 17.7 Å². The summed E-state index contributed by atoms with van der Waals surface area (Å²) >= 11 is 12.0. The molecule has 0 fully saturated rings. The molecule has 0 bridgehead atoms. The molecule has 0 spiro atoms. The third-order valence-electron chi connectivity index (χ3n) is 3.45. The van der Waals surface area contributed by atoms with Gasteiger partial charge < -0.3 is 10.6 Å². The fourth-order valence-electron chi connectivity index (χ4n) is 1.98. The monoisotopic (exact) mass is 364 g/mol. The zero-order chi connectivity index (χ0) is 17.9. The number of rotatable bonds is 4. The van der Waals surface area contributed by atoms with Gasteiger partial charge in [0.25, 0.3) is 5.91 Å². The summed E-state index contributed by atoms with van der Waals surface area (Å²) in [4.78, 5) is 24.2. The lowest BCUT2D eigenvalue weighted by atomic mass is 10.1. The van der Waals surface area contributed by atoms with Crippen LogP contribution in [-0.4, -0.2) is 11.8 Å². The van der Waals surface area contributed by atoms with Gasteiger partial charge in [-0.2, -0.15) is 0 Å². The Bertz CT molecular complexity index is 789. The second-order valence-electron chi connectivity index (χ2n) is 5.75. The number of benzene rings is 2. The van der Waals surface area contributed by atoms with Crippen molar-refractivity contribution in [2.45, 2.75) is 20.8 Å². The summed E-state index contributed by atoms with van der Waals surface area (Å²) in [5, 5.41) is 6.36. The molecule has 2 aromatic carbocycles. The van der Waals surface area contributed by atoms with E-state index in [4.69, 9.17) is 23.2 Å². The smallest absolute Gasteiger partial charge is 0.257 e. The Morgan fingerprint density at radius 1 is 1.00 bits per heavy atom. The summed E-state index contributed by atoms with van der Waals surface area (Å²) < 4.78 is 0. The SMILES string of the molecule is Cc1ccc(NC(=O)C(C)C)cc1NC(=O)c1cc(Cl)ccc1Cl. The molecule has 4 nitrogen and oxygen atoms in total. The maximum atomic E-state index is 12.4. The molecule has 0 aromatic heterocycles. The molecule has 2 amide bonds. The van der Waals surface area contributed by atoms with E-state index in [2.05, 4.69) is 10.6 Å². The summed E-state index contributed by atoms with van der Waals surface area (Å²) in [5.41, 5.74) is 2.37. The zero-order valence-electron chi connectivity index (χ0n) is 13.6. The maximum absolute atomic E-state index is 12.4. The highest BCUT2D eigenvalue weighted by Crippen LogP contribution is 2.25. The molecule has 2 aromatic rings. The van der Waals surface area contributed by atoms with Crippen molar-refractivity contribution in [1.29, 1.82) is 0 Å². The Morgan fingerprint density at radius 3 is 2.38 bits per heavy atom. The number of aryl methyl sites for hydroxylation is 1. The van der Waals surface area contributed by atoms with Crippen LogP contribution in [-0.2, 0) is 4.79 Å². The Balaban J connectivity index is 2.24. The van der Waals surface area contributed by atoms with E-state index >= 15 is 0 Å². The van der Waals surface area contributed by atoms with Gasteiger partial charge >= 0.3 is 0 Å². The van der Waals surface area contributed by atoms with Gasteiger partial charge in [-0.15, -0.1) is 0 Å². The molecule has 0 unspecified atom stereocenters. The van der Waals surface area contributed by atoms with Gasteiger partial charge in [0, 0.05) is 22.3 Å². The van der Waals surface area contributed by atoms with Gasteiger partial charge in [-0.1, -0.05) is 43.1 Å². The number of carbonyl (C=O) groups is 2. The third kappa shape index (κ3) is 4.49. The van der Waals surface area contributed by atoms with Crippen LogP contribution < -0.4 is 10.6 Å². The number of anilines is 2.